The zero-order valence-electron chi connectivity index (χ0n) is 11.9. The third kappa shape index (κ3) is 4.20. The lowest BCUT2D eigenvalue weighted by Gasteiger charge is -2.32. The summed E-state index contributed by atoms with van der Waals surface area (Å²) in [5.74, 6) is 0. The molecule has 0 saturated heterocycles. The largest absolute Gasteiger partial charge is 0.395 e. The first-order chi connectivity index (χ1) is 9.04. The Balaban J connectivity index is 3.06. The molecule has 0 saturated carbocycles. The van der Waals surface area contributed by atoms with Gasteiger partial charge in [0.2, 0.25) is 0 Å². The lowest BCUT2D eigenvalue weighted by molar-refractivity contribution is 0.198. The number of aliphatic hydroxyl groups excluding tert-OH is 2. The smallest absolute Gasteiger partial charge is 0.0772 e. The maximum absolute atomic E-state index is 9.66. The van der Waals surface area contributed by atoms with Gasteiger partial charge in [-0.15, -0.1) is 0 Å². The van der Waals surface area contributed by atoms with E-state index in [0.717, 1.165) is 28.6 Å². The fourth-order valence-electron chi connectivity index (χ4n) is 2.39. The summed E-state index contributed by atoms with van der Waals surface area (Å²) in [5, 5.41) is 18.9. The van der Waals surface area contributed by atoms with Crippen molar-refractivity contribution in [2.75, 3.05) is 18.1 Å². The molecule has 0 amide bonds. The maximum Gasteiger partial charge on any atom is 0.0772 e. The van der Waals surface area contributed by atoms with Crippen molar-refractivity contribution in [1.29, 1.82) is 0 Å². The van der Waals surface area contributed by atoms with Crippen LogP contribution in [0.2, 0.25) is 0 Å². The average molecular weight is 330 g/mol. The molecule has 1 atom stereocenters. The molecule has 2 N–H and O–H groups in total. The van der Waals surface area contributed by atoms with Crippen molar-refractivity contribution in [2.24, 2.45) is 0 Å². The number of nitrogens with zero attached hydrogens (tertiary/aromatic N) is 1. The molecule has 0 aliphatic heterocycles. The van der Waals surface area contributed by atoms with Crippen molar-refractivity contribution in [3.63, 3.8) is 0 Å². The van der Waals surface area contributed by atoms with Gasteiger partial charge in [-0.3, -0.25) is 0 Å². The molecule has 0 aromatic heterocycles. The predicted octanol–water partition coefficient (Wildman–Crippen LogP) is 3.49. The molecule has 1 aromatic carbocycles. The zero-order chi connectivity index (χ0) is 14.4. The molecule has 19 heavy (non-hydrogen) atoms. The Morgan fingerprint density at radius 1 is 1.26 bits per heavy atom. The summed E-state index contributed by atoms with van der Waals surface area (Å²) in [6.45, 7) is 6.86. The van der Waals surface area contributed by atoms with Crippen molar-refractivity contribution >= 4 is 21.6 Å². The van der Waals surface area contributed by atoms with Crippen LogP contribution in [0.15, 0.2) is 22.7 Å². The Kier molecular flexibility index (Phi) is 6.83. The number of rotatable bonds is 7. The molecule has 1 rings (SSSR count). The van der Waals surface area contributed by atoms with Crippen LogP contribution in [-0.2, 0) is 0 Å². The number of halogens is 1. The van der Waals surface area contributed by atoms with Gasteiger partial charge in [0.1, 0.15) is 0 Å². The Morgan fingerprint density at radius 3 is 2.32 bits per heavy atom. The number of hydrogen-bond donors (Lipinski definition) is 2. The van der Waals surface area contributed by atoms with Gasteiger partial charge in [-0.1, -0.05) is 35.8 Å². The van der Waals surface area contributed by atoms with Crippen molar-refractivity contribution in [1.82, 2.24) is 0 Å². The van der Waals surface area contributed by atoms with Gasteiger partial charge in [-0.25, -0.2) is 0 Å². The highest BCUT2D eigenvalue weighted by molar-refractivity contribution is 9.10. The number of anilines is 1. The standard InChI is InChI=1S/C15H24BrNO2/c1-4-12(5-2)17(8-9-18)13-6-7-14(11(3)19)15(16)10-13/h6-7,10-12,18-19H,4-5,8-9H2,1-3H3/t11-/m1/s1. The topological polar surface area (TPSA) is 43.7 Å². The second kappa shape index (κ2) is 7.88. The van der Waals surface area contributed by atoms with Crippen LogP contribution in [0, 0.1) is 0 Å². The van der Waals surface area contributed by atoms with E-state index < -0.39 is 6.10 Å². The lowest BCUT2D eigenvalue weighted by Crippen LogP contribution is -2.36. The van der Waals surface area contributed by atoms with Gasteiger partial charge in [0.05, 0.1) is 12.7 Å². The molecule has 0 spiro atoms. The summed E-state index contributed by atoms with van der Waals surface area (Å²) in [7, 11) is 0. The summed E-state index contributed by atoms with van der Waals surface area (Å²) in [4.78, 5) is 2.23. The van der Waals surface area contributed by atoms with Gasteiger partial charge in [0.25, 0.3) is 0 Å². The molecule has 0 unspecified atom stereocenters. The third-order valence-corrected chi connectivity index (χ3v) is 4.18. The number of hydrogen-bond acceptors (Lipinski definition) is 3. The van der Waals surface area contributed by atoms with Crippen LogP contribution >= 0.6 is 15.9 Å². The minimum atomic E-state index is -0.483. The molecule has 3 nitrogen and oxygen atoms in total. The fourth-order valence-corrected chi connectivity index (χ4v) is 3.09. The Morgan fingerprint density at radius 2 is 1.89 bits per heavy atom. The Hall–Kier alpha value is -0.580. The van der Waals surface area contributed by atoms with E-state index in [-0.39, 0.29) is 6.61 Å². The molecule has 108 valence electrons. The van der Waals surface area contributed by atoms with Gasteiger partial charge in [-0.05, 0) is 37.5 Å². The van der Waals surface area contributed by atoms with Gasteiger partial charge >= 0.3 is 0 Å². The fraction of sp³-hybridized carbons (Fsp3) is 0.600. The van der Waals surface area contributed by atoms with Gasteiger partial charge < -0.3 is 15.1 Å². The molecule has 0 radical (unpaired) electrons. The second-order valence-electron chi connectivity index (χ2n) is 4.77. The predicted molar refractivity (Wildman–Crippen MR) is 83.6 cm³/mol. The molecule has 4 heteroatoms. The Labute approximate surface area is 124 Å². The number of aliphatic hydroxyl groups is 2. The first-order valence-corrected chi connectivity index (χ1v) is 7.69. The molecular formula is C15H24BrNO2. The average Bonchev–Trinajstić information content (AvgIpc) is 2.38. The van der Waals surface area contributed by atoms with Gasteiger partial charge in [0.15, 0.2) is 0 Å². The maximum atomic E-state index is 9.66. The normalized spacial score (nSPS) is 12.8. The van der Waals surface area contributed by atoms with Gasteiger partial charge in [0, 0.05) is 22.7 Å². The number of benzene rings is 1. The van der Waals surface area contributed by atoms with Crippen LogP contribution in [-0.4, -0.2) is 29.4 Å². The van der Waals surface area contributed by atoms with Crippen LogP contribution < -0.4 is 4.90 Å². The molecule has 0 aliphatic carbocycles. The lowest BCUT2D eigenvalue weighted by atomic mass is 10.1. The highest BCUT2D eigenvalue weighted by Crippen LogP contribution is 2.29. The SMILES string of the molecule is CCC(CC)N(CCO)c1ccc([C@@H](C)O)c(Br)c1. The van der Waals surface area contributed by atoms with Crippen molar-refractivity contribution in [3.05, 3.63) is 28.2 Å². The van der Waals surface area contributed by atoms with Crippen LogP contribution in [0.4, 0.5) is 5.69 Å². The van der Waals surface area contributed by atoms with E-state index in [9.17, 15) is 10.2 Å². The summed E-state index contributed by atoms with van der Waals surface area (Å²) >= 11 is 3.51. The molecule has 0 fully saturated rings. The molecule has 0 heterocycles. The van der Waals surface area contributed by atoms with Crippen LogP contribution in [0.3, 0.4) is 0 Å². The highest BCUT2D eigenvalue weighted by atomic mass is 79.9. The van der Waals surface area contributed by atoms with E-state index in [1.54, 1.807) is 6.92 Å². The van der Waals surface area contributed by atoms with Gasteiger partial charge in [-0.2, -0.15) is 0 Å². The summed E-state index contributed by atoms with van der Waals surface area (Å²) in [5.41, 5.74) is 1.97. The Bertz CT molecular complexity index is 392. The third-order valence-electron chi connectivity index (χ3n) is 3.49. The quantitative estimate of drug-likeness (QED) is 0.804. The second-order valence-corrected chi connectivity index (χ2v) is 5.62. The minimum absolute atomic E-state index is 0.145. The summed E-state index contributed by atoms with van der Waals surface area (Å²) in [6.07, 6.45) is 1.61. The monoisotopic (exact) mass is 329 g/mol. The van der Waals surface area contributed by atoms with E-state index >= 15 is 0 Å². The van der Waals surface area contributed by atoms with E-state index in [4.69, 9.17) is 0 Å². The van der Waals surface area contributed by atoms with Crippen molar-refractivity contribution in [3.8, 4) is 0 Å². The first kappa shape index (κ1) is 16.5. The molecular weight excluding hydrogens is 306 g/mol. The summed E-state index contributed by atoms with van der Waals surface area (Å²) < 4.78 is 0.911. The van der Waals surface area contributed by atoms with Crippen LogP contribution in [0.1, 0.15) is 45.3 Å². The van der Waals surface area contributed by atoms with Crippen molar-refractivity contribution < 1.29 is 10.2 Å². The van der Waals surface area contributed by atoms with E-state index in [1.807, 2.05) is 18.2 Å². The van der Waals surface area contributed by atoms with E-state index in [0.29, 0.717) is 12.6 Å². The minimum Gasteiger partial charge on any atom is -0.395 e. The first-order valence-electron chi connectivity index (χ1n) is 6.90. The molecule has 0 bridgehead atoms. The summed E-state index contributed by atoms with van der Waals surface area (Å²) in [6, 6.07) is 6.41. The molecule has 1 aromatic rings. The van der Waals surface area contributed by atoms with Crippen LogP contribution in [0.25, 0.3) is 0 Å². The van der Waals surface area contributed by atoms with E-state index in [2.05, 4.69) is 34.7 Å². The zero-order valence-corrected chi connectivity index (χ0v) is 13.5. The van der Waals surface area contributed by atoms with Crippen molar-refractivity contribution in [2.45, 2.75) is 45.8 Å². The van der Waals surface area contributed by atoms with Crippen LogP contribution in [0.5, 0.6) is 0 Å². The molecule has 0 aliphatic rings. The highest BCUT2D eigenvalue weighted by Gasteiger charge is 2.17. The van der Waals surface area contributed by atoms with E-state index in [1.165, 1.54) is 0 Å².